The third kappa shape index (κ3) is 3.98. The molecule has 1 aliphatic rings. The van der Waals surface area contributed by atoms with Crippen LogP contribution in [0.5, 0.6) is 23.0 Å². The number of hydrogen-bond acceptors (Lipinski definition) is 6. The van der Waals surface area contributed by atoms with E-state index in [-0.39, 0.29) is 52.8 Å². The Morgan fingerprint density at radius 3 is 1.57 bits per heavy atom. The van der Waals surface area contributed by atoms with Crippen molar-refractivity contribution in [1.29, 1.82) is 0 Å². The van der Waals surface area contributed by atoms with Crippen molar-refractivity contribution in [2.75, 3.05) is 0 Å². The lowest BCUT2D eigenvalue weighted by molar-refractivity contribution is -0.142. The molecule has 0 aromatic heterocycles. The van der Waals surface area contributed by atoms with Crippen LogP contribution in [0.1, 0.15) is 24.0 Å². The summed E-state index contributed by atoms with van der Waals surface area (Å²) in [5, 5.41) is 47.5. The van der Waals surface area contributed by atoms with Crippen molar-refractivity contribution in [3.05, 3.63) is 58.7 Å². The number of carbonyl (C=O) groups is 2. The summed E-state index contributed by atoms with van der Waals surface area (Å²) in [6.45, 7) is 0. The number of carboxylic acid groups (broad SMARTS) is 1. The molecule has 2 aromatic rings. The van der Waals surface area contributed by atoms with Crippen LogP contribution in [-0.4, -0.2) is 37.3 Å². The average Bonchev–Trinajstić information content (AvgIpc) is 2.64. The zero-order valence-electron chi connectivity index (χ0n) is 14.7. The van der Waals surface area contributed by atoms with Crippen LogP contribution in [0.15, 0.2) is 47.5 Å². The number of ketones is 1. The molecule has 0 radical (unpaired) electrons. The molecular weight excluding hydrogens is 364 g/mol. The van der Waals surface area contributed by atoms with Crippen LogP contribution in [0, 0.1) is 5.92 Å². The highest BCUT2D eigenvalue weighted by atomic mass is 16.4. The molecule has 0 bridgehead atoms. The molecule has 1 aliphatic carbocycles. The highest BCUT2D eigenvalue weighted by Gasteiger charge is 2.32. The summed E-state index contributed by atoms with van der Waals surface area (Å²) in [6.07, 6.45) is 3.04. The Hall–Kier alpha value is -3.74. The van der Waals surface area contributed by atoms with E-state index in [1.807, 2.05) is 0 Å². The summed E-state index contributed by atoms with van der Waals surface area (Å²) in [6, 6.07) is 8.12. The van der Waals surface area contributed by atoms with Crippen LogP contribution in [-0.2, 0) is 9.59 Å². The molecule has 1 saturated carbocycles. The van der Waals surface area contributed by atoms with Crippen molar-refractivity contribution < 1.29 is 35.1 Å². The standard InChI is InChI=1S/C21H18O7/c22-16-3-1-11(7-18(16)24)5-13-9-15(21(27)28)10-14(20(13)26)6-12-2-4-17(23)19(25)8-12/h1-8,15,22-25H,9-10H2,(H,27,28)/b13-5-,14-6+. The van der Waals surface area contributed by atoms with Crippen molar-refractivity contribution in [3.8, 4) is 23.0 Å². The Bertz CT molecular complexity index is 944. The normalized spacial score (nSPS) is 19.9. The Kier molecular flexibility index (Phi) is 5.08. The number of phenolic OH excluding ortho intramolecular Hbond substituents is 4. The third-order valence-corrected chi connectivity index (χ3v) is 4.55. The first-order chi connectivity index (χ1) is 13.2. The van der Waals surface area contributed by atoms with Crippen LogP contribution in [0.25, 0.3) is 12.2 Å². The second-order valence-electron chi connectivity index (χ2n) is 6.61. The largest absolute Gasteiger partial charge is 0.504 e. The molecule has 28 heavy (non-hydrogen) atoms. The Morgan fingerprint density at radius 1 is 0.786 bits per heavy atom. The van der Waals surface area contributed by atoms with E-state index in [4.69, 9.17) is 0 Å². The minimum atomic E-state index is -1.04. The zero-order valence-corrected chi connectivity index (χ0v) is 14.7. The third-order valence-electron chi connectivity index (χ3n) is 4.55. The number of hydrogen-bond donors (Lipinski definition) is 5. The summed E-state index contributed by atoms with van der Waals surface area (Å²) in [4.78, 5) is 24.4. The summed E-state index contributed by atoms with van der Waals surface area (Å²) in [7, 11) is 0. The number of phenols is 4. The van der Waals surface area contributed by atoms with Crippen LogP contribution in [0.2, 0.25) is 0 Å². The molecule has 7 heteroatoms. The first kappa shape index (κ1) is 19.0. The fourth-order valence-electron chi connectivity index (χ4n) is 3.08. The molecular formula is C21H18O7. The van der Waals surface area contributed by atoms with Gasteiger partial charge in [-0.3, -0.25) is 9.59 Å². The second kappa shape index (κ2) is 7.48. The van der Waals surface area contributed by atoms with Gasteiger partial charge < -0.3 is 25.5 Å². The van der Waals surface area contributed by atoms with Gasteiger partial charge in [-0.1, -0.05) is 12.1 Å². The number of carbonyl (C=O) groups excluding carboxylic acids is 1. The van der Waals surface area contributed by atoms with E-state index in [1.165, 1.54) is 48.6 Å². The van der Waals surface area contributed by atoms with E-state index in [2.05, 4.69) is 0 Å². The molecule has 7 nitrogen and oxygen atoms in total. The van der Waals surface area contributed by atoms with Gasteiger partial charge in [-0.25, -0.2) is 0 Å². The average molecular weight is 382 g/mol. The van der Waals surface area contributed by atoms with E-state index in [0.29, 0.717) is 11.1 Å². The minimum Gasteiger partial charge on any atom is -0.504 e. The van der Waals surface area contributed by atoms with Gasteiger partial charge in [-0.15, -0.1) is 0 Å². The quantitative estimate of drug-likeness (QED) is 0.407. The fraction of sp³-hybridized carbons (Fsp3) is 0.143. The summed E-state index contributed by atoms with van der Waals surface area (Å²) in [5.41, 5.74) is 1.42. The van der Waals surface area contributed by atoms with Crippen LogP contribution >= 0.6 is 0 Å². The Morgan fingerprint density at radius 2 is 1.21 bits per heavy atom. The maximum absolute atomic E-state index is 12.9. The first-order valence-corrected chi connectivity index (χ1v) is 8.47. The molecule has 1 atom stereocenters. The van der Waals surface area contributed by atoms with Gasteiger partial charge in [0.1, 0.15) is 0 Å². The highest BCUT2D eigenvalue weighted by Crippen LogP contribution is 2.35. The lowest BCUT2D eigenvalue weighted by atomic mass is 9.80. The molecule has 144 valence electrons. The van der Waals surface area contributed by atoms with Gasteiger partial charge >= 0.3 is 5.97 Å². The lowest BCUT2D eigenvalue weighted by Crippen LogP contribution is -2.25. The molecule has 1 unspecified atom stereocenters. The van der Waals surface area contributed by atoms with Crippen molar-refractivity contribution in [3.63, 3.8) is 0 Å². The minimum absolute atomic E-state index is 0.0357. The maximum Gasteiger partial charge on any atom is 0.307 e. The molecule has 0 aliphatic heterocycles. The predicted molar refractivity (Wildman–Crippen MR) is 101 cm³/mol. The van der Waals surface area contributed by atoms with Crippen molar-refractivity contribution in [2.45, 2.75) is 12.8 Å². The van der Waals surface area contributed by atoms with Gasteiger partial charge in [-0.2, -0.15) is 0 Å². The van der Waals surface area contributed by atoms with Gasteiger partial charge in [-0.05, 0) is 60.4 Å². The fourth-order valence-corrected chi connectivity index (χ4v) is 3.08. The molecule has 0 spiro atoms. The van der Waals surface area contributed by atoms with Crippen LogP contribution in [0.3, 0.4) is 0 Å². The molecule has 0 heterocycles. The molecule has 5 N–H and O–H groups in total. The molecule has 3 rings (SSSR count). The van der Waals surface area contributed by atoms with Crippen LogP contribution in [0.4, 0.5) is 0 Å². The SMILES string of the molecule is O=C1/C(=C\c2ccc(O)c(O)c2)CC(C(=O)O)C/C1=C\c1ccc(O)c(O)c1. The van der Waals surface area contributed by atoms with Crippen LogP contribution < -0.4 is 0 Å². The van der Waals surface area contributed by atoms with Gasteiger partial charge in [0.2, 0.25) is 0 Å². The number of carboxylic acids is 1. The monoisotopic (exact) mass is 382 g/mol. The topological polar surface area (TPSA) is 135 Å². The molecule has 1 fully saturated rings. The Balaban J connectivity index is 2.01. The van der Waals surface area contributed by atoms with Crippen molar-refractivity contribution in [2.24, 2.45) is 5.92 Å². The zero-order chi connectivity index (χ0) is 20.4. The van der Waals surface area contributed by atoms with Crippen molar-refractivity contribution >= 4 is 23.9 Å². The second-order valence-corrected chi connectivity index (χ2v) is 6.61. The van der Waals surface area contributed by atoms with Gasteiger partial charge in [0.15, 0.2) is 28.8 Å². The number of benzene rings is 2. The van der Waals surface area contributed by atoms with E-state index in [9.17, 15) is 35.1 Å². The van der Waals surface area contributed by atoms with E-state index >= 15 is 0 Å². The summed E-state index contributed by atoms with van der Waals surface area (Å²) in [5.74, 6) is -3.46. The Labute approximate surface area is 160 Å². The molecule has 0 amide bonds. The predicted octanol–water partition coefficient (Wildman–Crippen LogP) is 3.04. The van der Waals surface area contributed by atoms with Gasteiger partial charge in [0.05, 0.1) is 5.92 Å². The molecule has 0 saturated heterocycles. The van der Waals surface area contributed by atoms with Gasteiger partial charge in [0, 0.05) is 11.1 Å². The number of Topliss-reactive ketones (excluding diaryl/α,β-unsaturated/α-hetero) is 1. The number of allylic oxidation sites excluding steroid dienone is 2. The van der Waals surface area contributed by atoms with E-state index in [1.54, 1.807) is 0 Å². The smallest absolute Gasteiger partial charge is 0.307 e. The van der Waals surface area contributed by atoms with Crippen molar-refractivity contribution in [1.82, 2.24) is 0 Å². The number of aliphatic carboxylic acids is 1. The summed E-state index contributed by atoms with van der Waals surface area (Å²) >= 11 is 0. The lowest BCUT2D eigenvalue weighted by Gasteiger charge is -2.23. The summed E-state index contributed by atoms with van der Waals surface area (Å²) < 4.78 is 0. The highest BCUT2D eigenvalue weighted by molar-refractivity contribution is 6.14. The number of rotatable bonds is 3. The van der Waals surface area contributed by atoms with Gasteiger partial charge in [0.25, 0.3) is 0 Å². The van der Waals surface area contributed by atoms with E-state index < -0.39 is 11.9 Å². The molecule has 2 aromatic carbocycles. The maximum atomic E-state index is 12.9. The van der Waals surface area contributed by atoms with E-state index in [0.717, 1.165) is 0 Å². The first-order valence-electron chi connectivity index (χ1n) is 8.47. The number of aromatic hydroxyl groups is 4.